The maximum absolute atomic E-state index is 17.2. The molecule has 3 amide bonds. The molecule has 514 valence electrons. The van der Waals surface area contributed by atoms with Crippen LogP contribution in [0.5, 0.6) is 11.5 Å². The van der Waals surface area contributed by atoms with Crippen LogP contribution in [0.1, 0.15) is 165 Å². The molecular weight excluding hydrogens is 1210 g/mol. The molecule has 6 aliphatic heterocycles. The molecule has 0 radical (unpaired) electrons. The molecule has 4 aromatic carbocycles. The average Bonchev–Trinajstić information content (AvgIpc) is 1.67. The van der Waals surface area contributed by atoms with Gasteiger partial charge in [0.15, 0.2) is 0 Å². The lowest BCUT2D eigenvalue weighted by Gasteiger charge is -2.39. The zero-order valence-corrected chi connectivity index (χ0v) is 53.8. The summed E-state index contributed by atoms with van der Waals surface area (Å²) in [5.74, 6) is -2.89. The molecule has 4 atom stereocenters. The van der Waals surface area contributed by atoms with E-state index in [0.717, 1.165) is 34.4 Å². The number of likely N-dealkylation sites (tertiary alicyclic amines) is 4. The lowest BCUT2D eigenvalue weighted by molar-refractivity contribution is -0.146. The number of carbonyl (C=O) groups is 4. The zero-order valence-electron chi connectivity index (χ0n) is 53.8. The van der Waals surface area contributed by atoms with Crippen LogP contribution >= 0.6 is 0 Å². The van der Waals surface area contributed by atoms with Gasteiger partial charge >= 0.3 is 18.3 Å². The molecule has 0 unspecified atom stereocenters. The van der Waals surface area contributed by atoms with Gasteiger partial charge in [-0.1, -0.05) is 51.3 Å². The number of hydrogen-bond acceptors (Lipinski definition) is 10. The van der Waals surface area contributed by atoms with Crippen LogP contribution in [0.15, 0.2) is 84.9 Å². The first kappa shape index (κ1) is 73.7. The van der Waals surface area contributed by atoms with E-state index in [1.165, 1.54) is 18.2 Å². The van der Waals surface area contributed by atoms with E-state index < -0.39 is 70.4 Å². The van der Waals surface area contributed by atoms with Crippen LogP contribution in [0.2, 0.25) is 0 Å². The van der Waals surface area contributed by atoms with Gasteiger partial charge in [-0.3, -0.25) is 29.0 Å². The first-order chi connectivity index (χ1) is 42.8. The molecule has 0 aromatic heterocycles. The van der Waals surface area contributed by atoms with Crippen LogP contribution in [-0.4, -0.2) is 171 Å². The SMILES string of the molecule is C.C.CNC(=O)C1CCN(c2cc(C(F)(F)F)ccc2C2CCN(C(=O)[C@]3(F)CN(C(C)(C)C)C[C@H]3c3ccc(OC)cc3)CC2)CC1.COc1ccc([C@@H]2CN(C(C)(C)C)C[C@@]2(F)C(=O)N2CCC(c3ccc(C(F)(F)F)cc3N3CCC(C(=O)O)CC3)CC2)cc1. The number of anilines is 2. The van der Waals surface area contributed by atoms with Crippen LogP contribution in [-0.2, 0) is 31.5 Å². The molecule has 6 heterocycles. The summed E-state index contributed by atoms with van der Waals surface area (Å²) in [5.41, 5.74) is -2.34. The number of hydrogen-bond donors (Lipinski definition) is 2. The minimum Gasteiger partial charge on any atom is -0.497 e. The van der Waals surface area contributed by atoms with Gasteiger partial charge in [0.05, 0.1) is 31.3 Å². The Hall–Kier alpha value is -6.68. The summed E-state index contributed by atoms with van der Waals surface area (Å²) in [6.45, 7) is 15.7. The lowest BCUT2D eigenvalue weighted by atomic mass is 9.83. The number of carbonyl (C=O) groups excluding carboxylic acids is 3. The largest absolute Gasteiger partial charge is 0.497 e. The fraction of sp³-hybridized carbons (Fsp3) is 0.606. The number of amides is 3. The van der Waals surface area contributed by atoms with E-state index in [1.807, 2.05) is 85.4 Å². The molecule has 0 saturated carbocycles. The Morgan fingerprint density at radius 2 is 0.839 bits per heavy atom. The maximum Gasteiger partial charge on any atom is 0.416 e. The fourth-order valence-electron chi connectivity index (χ4n) is 14.4. The Morgan fingerprint density at radius 3 is 1.13 bits per heavy atom. The molecule has 6 aliphatic rings. The van der Waals surface area contributed by atoms with Crippen LogP contribution in [0.3, 0.4) is 0 Å². The Bertz CT molecular complexity index is 3200. The molecule has 93 heavy (non-hydrogen) atoms. The average molecular weight is 1310 g/mol. The van der Waals surface area contributed by atoms with Crippen molar-refractivity contribution in [2.45, 2.75) is 166 Å². The number of carboxylic acid groups (broad SMARTS) is 1. The smallest absolute Gasteiger partial charge is 0.416 e. The van der Waals surface area contributed by atoms with Crippen molar-refractivity contribution in [1.82, 2.24) is 24.9 Å². The fourth-order valence-corrected chi connectivity index (χ4v) is 14.4. The predicted molar refractivity (Wildman–Crippen MR) is 347 cm³/mol. The van der Waals surface area contributed by atoms with Gasteiger partial charge in [0.1, 0.15) is 11.5 Å². The molecule has 14 nitrogen and oxygen atoms in total. The van der Waals surface area contributed by atoms with E-state index >= 15 is 8.78 Å². The van der Waals surface area contributed by atoms with Crippen LogP contribution in [0, 0.1) is 11.8 Å². The molecule has 2 N–H and O–H groups in total. The summed E-state index contributed by atoms with van der Waals surface area (Å²) in [5, 5.41) is 12.1. The quantitative estimate of drug-likeness (QED) is 0.131. The van der Waals surface area contributed by atoms with Crippen molar-refractivity contribution < 1.29 is 68.9 Å². The number of halogens is 8. The number of carboxylic acids is 1. The Kier molecular flexibility index (Phi) is 23.1. The lowest BCUT2D eigenvalue weighted by Crippen LogP contribution is -2.53. The number of nitrogens with zero attached hydrogens (tertiary/aromatic N) is 6. The number of nitrogens with one attached hydrogen (secondary N) is 1. The summed E-state index contributed by atoms with van der Waals surface area (Å²) in [7, 11) is 4.73. The van der Waals surface area contributed by atoms with Gasteiger partial charge in [-0.2, -0.15) is 26.3 Å². The van der Waals surface area contributed by atoms with Gasteiger partial charge in [-0.25, -0.2) is 8.78 Å². The third kappa shape index (κ3) is 16.2. The highest BCUT2D eigenvalue weighted by molar-refractivity contribution is 5.88. The van der Waals surface area contributed by atoms with Crippen molar-refractivity contribution in [3.8, 4) is 11.5 Å². The van der Waals surface area contributed by atoms with Gasteiger partial charge in [-0.05, 0) is 176 Å². The molecule has 4 aromatic rings. The standard InChI is InChI=1S/C35H46F4N4O3.C34H43F4N3O4.2CH4/c1-33(2,3)43-21-29(24-6-9-27(46-5)10-7-24)34(36,22-43)32(45)42-18-12-23(13-19-42)28-11-8-26(35(37,38)39)20-30(28)41-16-14-25(15-17-41)31(44)40-4;1-32(2,3)41-20-28(23-5-8-26(45-4)9-6-23)33(35,21-41)31(44)40-17-11-22(12-18-40)27-10-7-25(34(36,37)38)19-29(27)39-15-13-24(14-16-39)30(42)43;;/h6-11,20,23,25,29H,12-19,21-22H2,1-5H3,(H,40,44);5-10,19,22,24,28H,11-18,20-21H2,1-4H3,(H,42,43);2*1H4/t29-,34-;28-,33-;;/m00../s1. The normalized spacial score (nSPS) is 23.5. The van der Waals surface area contributed by atoms with Crippen LogP contribution in [0.25, 0.3) is 0 Å². The highest BCUT2D eigenvalue weighted by Crippen LogP contribution is 2.48. The minimum atomic E-state index is -4.51. The van der Waals surface area contributed by atoms with Gasteiger partial charge < -0.3 is 39.5 Å². The predicted octanol–water partition coefficient (Wildman–Crippen LogP) is 13.6. The number of rotatable bonds is 12. The first-order valence-electron chi connectivity index (χ1n) is 31.9. The summed E-state index contributed by atoms with van der Waals surface area (Å²) < 4.78 is 127. The van der Waals surface area contributed by atoms with E-state index in [1.54, 1.807) is 61.4 Å². The van der Waals surface area contributed by atoms with Gasteiger partial charge in [-0.15, -0.1) is 0 Å². The van der Waals surface area contributed by atoms with Gasteiger partial charge in [0, 0.05) is 126 Å². The number of aliphatic carboxylic acids is 1. The van der Waals surface area contributed by atoms with E-state index in [-0.39, 0.29) is 62.7 Å². The number of alkyl halides is 8. The van der Waals surface area contributed by atoms with E-state index in [0.29, 0.717) is 140 Å². The molecule has 6 fully saturated rings. The number of methoxy groups -OCH3 is 2. The maximum atomic E-state index is 17.2. The molecular formula is C71H97F8N7O7. The number of piperidine rings is 4. The van der Waals surface area contributed by atoms with E-state index in [9.17, 15) is 50.6 Å². The highest BCUT2D eigenvalue weighted by Gasteiger charge is 2.59. The third-order valence-electron chi connectivity index (χ3n) is 20.2. The molecule has 0 aliphatic carbocycles. The monoisotopic (exact) mass is 1310 g/mol. The van der Waals surface area contributed by atoms with Crippen molar-refractivity contribution in [3.63, 3.8) is 0 Å². The Labute approximate surface area is 544 Å². The second-order valence-electron chi connectivity index (χ2n) is 27.6. The number of benzene rings is 4. The van der Waals surface area contributed by atoms with Crippen LogP contribution in [0.4, 0.5) is 46.5 Å². The summed E-state index contributed by atoms with van der Waals surface area (Å²) in [4.78, 5) is 62.7. The second kappa shape index (κ2) is 29.1. The van der Waals surface area contributed by atoms with Crippen molar-refractivity contribution in [2.24, 2.45) is 11.8 Å². The van der Waals surface area contributed by atoms with Crippen molar-refractivity contribution >= 4 is 35.1 Å². The van der Waals surface area contributed by atoms with E-state index in [4.69, 9.17) is 9.47 Å². The summed E-state index contributed by atoms with van der Waals surface area (Å²) in [6.07, 6.45) is -5.15. The molecule has 6 saturated heterocycles. The topological polar surface area (TPSA) is 138 Å². The summed E-state index contributed by atoms with van der Waals surface area (Å²) in [6, 6.07) is 22.1. The van der Waals surface area contributed by atoms with E-state index in [2.05, 4.69) is 5.32 Å². The van der Waals surface area contributed by atoms with Gasteiger partial charge in [0.25, 0.3) is 11.8 Å². The van der Waals surface area contributed by atoms with Crippen LogP contribution < -0.4 is 24.6 Å². The van der Waals surface area contributed by atoms with Crippen molar-refractivity contribution in [1.29, 1.82) is 0 Å². The molecule has 0 bridgehead atoms. The van der Waals surface area contributed by atoms with Gasteiger partial charge in [0.2, 0.25) is 17.2 Å². The van der Waals surface area contributed by atoms with Crippen molar-refractivity contribution in [3.05, 3.63) is 118 Å². The molecule has 0 spiro atoms. The molecule has 10 rings (SSSR count). The highest BCUT2D eigenvalue weighted by atomic mass is 19.4. The second-order valence-corrected chi connectivity index (χ2v) is 27.6. The number of ether oxygens (including phenoxy) is 2. The summed E-state index contributed by atoms with van der Waals surface area (Å²) >= 11 is 0. The third-order valence-corrected chi connectivity index (χ3v) is 20.2. The minimum absolute atomic E-state index is 0. The van der Waals surface area contributed by atoms with Crippen molar-refractivity contribution in [2.75, 3.05) is 110 Å². The first-order valence-corrected chi connectivity index (χ1v) is 31.9. The Morgan fingerprint density at radius 1 is 0.505 bits per heavy atom. The molecule has 22 heteroatoms. The Balaban J connectivity index is 0.000000258. The zero-order chi connectivity index (χ0) is 66.2.